The van der Waals surface area contributed by atoms with Crippen molar-refractivity contribution < 1.29 is 4.79 Å². The van der Waals surface area contributed by atoms with Crippen molar-refractivity contribution in [1.82, 2.24) is 20.2 Å². The molecule has 1 unspecified atom stereocenters. The number of aromatic nitrogens is 2. The summed E-state index contributed by atoms with van der Waals surface area (Å²) < 4.78 is 2.17. The maximum atomic E-state index is 12.9. The van der Waals surface area contributed by atoms with Gasteiger partial charge in [-0.15, -0.1) is 0 Å². The van der Waals surface area contributed by atoms with Crippen molar-refractivity contribution in [2.45, 2.75) is 39.3 Å². The Kier molecular flexibility index (Phi) is 4.94. The lowest BCUT2D eigenvalue weighted by Crippen LogP contribution is -2.28. The summed E-state index contributed by atoms with van der Waals surface area (Å²) in [4.78, 5) is 17.6. The van der Waals surface area contributed by atoms with Crippen LogP contribution in [0.1, 0.15) is 47.2 Å². The molecule has 4 rings (SSSR count). The lowest BCUT2D eigenvalue weighted by molar-refractivity contribution is 0.0937. The van der Waals surface area contributed by atoms with Gasteiger partial charge in [-0.05, 0) is 75.2 Å². The van der Waals surface area contributed by atoms with Crippen molar-refractivity contribution >= 4 is 16.9 Å². The topological polar surface area (TPSA) is 59.0 Å². The molecule has 5 heteroatoms. The summed E-state index contributed by atoms with van der Waals surface area (Å²) >= 11 is 0. The van der Waals surface area contributed by atoms with E-state index >= 15 is 0 Å². The van der Waals surface area contributed by atoms with E-state index in [0.717, 1.165) is 54.9 Å². The molecule has 0 fully saturated rings. The second kappa shape index (κ2) is 7.53. The van der Waals surface area contributed by atoms with Crippen LogP contribution >= 0.6 is 0 Å². The number of carbonyl (C=O) groups excluding carboxylic acids is 1. The van der Waals surface area contributed by atoms with E-state index in [-0.39, 0.29) is 11.9 Å². The molecule has 1 aliphatic heterocycles. The molecule has 3 aromatic rings. The van der Waals surface area contributed by atoms with E-state index in [1.165, 1.54) is 11.1 Å². The third kappa shape index (κ3) is 3.47. The summed E-state index contributed by atoms with van der Waals surface area (Å²) in [6, 6.07) is 14.0. The molecule has 0 saturated heterocycles. The number of imidazole rings is 1. The number of carbonyl (C=O) groups is 1. The highest BCUT2D eigenvalue weighted by Gasteiger charge is 2.19. The fraction of sp³-hybridized carbons (Fsp3) is 0.364. The van der Waals surface area contributed by atoms with Gasteiger partial charge in [0.25, 0.3) is 5.91 Å². The Morgan fingerprint density at radius 1 is 1.19 bits per heavy atom. The van der Waals surface area contributed by atoms with Gasteiger partial charge in [-0.25, -0.2) is 4.98 Å². The Labute approximate surface area is 159 Å². The standard InChI is InChI=1S/C22H26N4O/c1-3-26-20-7-5-4-6-19(20)25-21(26)15(2)24-22(27)18-9-8-16-10-12-23-13-11-17(16)14-18/h4-9,14-15,23H,3,10-13H2,1-2H3,(H,24,27). The minimum Gasteiger partial charge on any atom is -0.342 e. The van der Waals surface area contributed by atoms with Crippen molar-refractivity contribution in [1.29, 1.82) is 0 Å². The van der Waals surface area contributed by atoms with Crippen LogP contribution in [0.3, 0.4) is 0 Å². The van der Waals surface area contributed by atoms with Crippen LogP contribution < -0.4 is 10.6 Å². The molecular weight excluding hydrogens is 336 g/mol. The summed E-state index contributed by atoms with van der Waals surface area (Å²) in [5.74, 6) is 0.850. The summed E-state index contributed by atoms with van der Waals surface area (Å²) in [5.41, 5.74) is 5.42. The van der Waals surface area contributed by atoms with Crippen molar-refractivity contribution in [3.05, 3.63) is 65.0 Å². The molecule has 0 spiro atoms. The second-order valence-electron chi connectivity index (χ2n) is 7.13. The molecule has 2 aromatic carbocycles. The van der Waals surface area contributed by atoms with E-state index in [0.29, 0.717) is 0 Å². The van der Waals surface area contributed by atoms with Crippen LogP contribution in [0.2, 0.25) is 0 Å². The number of para-hydroxylation sites is 2. The molecule has 0 radical (unpaired) electrons. The maximum Gasteiger partial charge on any atom is 0.251 e. The predicted molar refractivity (Wildman–Crippen MR) is 108 cm³/mol. The third-order valence-electron chi connectivity index (χ3n) is 5.35. The molecule has 140 valence electrons. The minimum atomic E-state index is -0.162. The average molecular weight is 362 g/mol. The highest BCUT2D eigenvalue weighted by molar-refractivity contribution is 5.94. The molecule has 0 bridgehead atoms. The largest absolute Gasteiger partial charge is 0.342 e. The predicted octanol–water partition coefficient (Wildman–Crippen LogP) is 3.24. The van der Waals surface area contributed by atoms with Crippen LogP contribution in [0, 0.1) is 0 Å². The smallest absolute Gasteiger partial charge is 0.251 e. The molecule has 1 atom stereocenters. The third-order valence-corrected chi connectivity index (χ3v) is 5.35. The van der Waals surface area contributed by atoms with Gasteiger partial charge < -0.3 is 15.2 Å². The number of aryl methyl sites for hydroxylation is 1. The Balaban J connectivity index is 1.57. The number of rotatable bonds is 4. The number of hydrogen-bond acceptors (Lipinski definition) is 3. The highest BCUT2D eigenvalue weighted by Crippen LogP contribution is 2.21. The van der Waals surface area contributed by atoms with E-state index in [4.69, 9.17) is 4.98 Å². The molecule has 1 amide bonds. The number of fused-ring (bicyclic) bond motifs is 2. The number of benzene rings is 2. The van der Waals surface area contributed by atoms with Crippen molar-refractivity contribution in [3.63, 3.8) is 0 Å². The first kappa shape index (κ1) is 17.7. The molecule has 5 nitrogen and oxygen atoms in total. The zero-order valence-electron chi connectivity index (χ0n) is 16.0. The molecule has 27 heavy (non-hydrogen) atoms. The summed E-state index contributed by atoms with van der Waals surface area (Å²) in [5, 5.41) is 6.54. The van der Waals surface area contributed by atoms with E-state index < -0.39 is 0 Å². The van der Waals surface area contributed by atoms with Crippen LogP contribution in [0.5, 0.6) is 0 Å². The van der Waals surface area contributed by atoms with Crippen molar-refractivity contribution in [2.75, 3.05) is 13.1 Å². The van der Waals surface area contributed by atoms with Crippen LogP contribution in [0.15, 0.2) is 42.5 Å². The fourth-order valence-corrected chi connectivity index (χ4v) is 3.92. The Hall–Kier alpha value is -2.66. The van der Waals surface area contributed by atoms with Gasteiger partial charge in [0.2, 0.25) is 0 Å². The molecule has 1 aliphatic rings. The van der Waals surface area contributed by atoms with Crippen LogP contribution in [0.4, 0.5) is 0 Å². The van der Waals surface area contributed by atoms with E-state index in [9.17, 15) is 4.79 Å². The Morgan fingerprint density at radius 3 is 2.78 bits per heavy atom. The molecule has 2 N–H and O–H groups in total. The zero-order chi connectivity index (χ0) is 18.8. The average Bonchev–Trinajstić information content (AvgIpc) is 2.90. The van der Waals surface area contributed by atoms with Crippen LogP contribution in [-0.2, 0) is 19.4 Å². The Morgan fingerprint density at radius 2 is 1.96 bits per heavy atom. The van der Waals surface area contributed by atoms with Gasteiger partial charge >= 0.3 is 0 Å². The first-order valence-electron chi connectivity index (χ1n) is 9.76. The fourth-order valence-electron chi connectivity index (χ4n) is 3.92. The number of hydrogen-bond donors (Lipinski definition) is 2. The summed E-state index contributed by atoms with van der Waals surface area (Å²) in [7, 11) is 0. The molecule has 2 heterocycles. The monoisotopic (exact) mass is 362 g/mol. The zero-order valence-corrected chi connectivity index (χ0v) is 16.0. The molecule has 0 aliphatic carbocycles. The van der Waals surface area contributed by atoms with Gasteiger partial charge in [0.05, 0.1) is 17.1 Å². The second-order valence-corrected chi connectivity index (χ2v) is 7.13. The highest BCUT2D eigenvalue weighted by atomic mass is 16.1. The SMILES string of the molecule is CCn1c(C(C)NC(=O)c2ccc3c(c2)CCNCC3)nc2ccccc21. The lowest BCUT2D eigenvalue weighted by Gasteiger charge is -2.16. The summed E-state index contributed by atoms with van der Waals surface area (Å²) in [6.07, 6.45) is 1.99. The van der Waals surface area contributed by atoms with Gasteiger partial charge in [-0.1, -0.05) is 18.2 Å². The van der Waals surface area contributed by atoms with Gasteiger partial charge in [-0.3, -0.25) is 4.79 Å². The lowest BCUT2D eigenvalue weighted by atomic mass is 9.99. The van der Waals surface area contributed by atoms with Crippen molar-refractivity contribution in [3.8, 4) is 0 Å². The van der Waals surface area contributed by atoms with Crippen molar-refractivity contribution in [2.24, 2.45) is 0 Å². The number of nitrogens with one attached hydrogen (secondary N) is 2. The first-order valence-corrected chi connectivity index (χ1v) is 9.76. The number of nitrogens with zero attached hydrogens (tertiary/aromatic N) is 2. The molecule has 0 saturated carbocycles. The minimum absolute atomic E-state index is 0.0442. The van der Waals surface area contributed by atoms with Crippen LogP contribution in [0.25, 0.3) is 11.0 Å². The van der Waals surface area contributed by atoms with E-state index in [1.807, 2.05) is 37.3 Å². The molecule has 1 aromatic heterocycles. The van der Waals surface area contributed by atoms with E-state index in [1.54, 1.807) is 0 Å². The van der Waals surface area contributed by atoms with Gasteiger partial charge in [-0.2, -0.15) is 0 Å². The normalized spacial score (nSPS) is 15.2. The number of amides is 1. The van der Waals surface area contributed by atoms with Gasteiger partial charge in [0.15, 0.2) is 0 Å². The maximum absolute atomic E-state index is 12.9. The van der Waals surface area contributed by atoms with Gasteiger partial charge in [0.1, 0.15) is 5.82 Å². The van der Waals surface area contributed by atoms with Crippen LogP contribution in [-0.4, -0.2) is 28.5 Å². The summed E-state index contributed by atoms with van der Waals surface area (Å²) in [6.45, 7) is 6.89. The first-order chi connectivity index (χ1) is 13.2. The van der Waals surface area contributed by atoms with E-state index in [2.05, 4.69) is 34.3 Å². The quantitative estimate of drug-likeness (QED) is 0.749. The Bertz CT molecular complexity index is 976. The molecular formula is C22H26N4O. The van der Waals surface area contributed by atoms with Gasteiger partial charge in [0, 0.05) is 12.1 Å².